The largest absolute Gasteiger partial charge is 0.481 e. The van der Waals surface area contributed by atoms with Gasteiger partial charge in [0.05, 0.1) is 12.3 Å². The number of rotatable bonds is 8. The molecule has 4 heteroatoms. The first-order valence-corrected chi connectivity index (χ1v) is 5.98. The Bertz CT molecular complexity index is 294. The Hall–Kier alpha value is -1.32. The lowest BCUT2D eigenvalue weighted by Gasteiger charge is -2.12. The van der Waals surface area contributed by atoms with Crippen LogP contribution in [0.3, 0.4) is 0 Å². The second kappa shape index (κ2) is 7.87. The SMILES string of the molecule is CCCC(C)/C=C(\C)CC(CC(=O)O)C(=O)O. The van der Waals surface area contributed by atoms with Gasteiger partial charge in [0.15, 0.2) is 0 Å². The van der Waals surface area contributed by atoms with Crippen LogP contribution in [-0.4, -0.2) is 22.2 Å². The van der Waals surface area contributed by atoms with Crippen molar-refractivity contribution in [3.05, 3.63) is 11.6 Å². The quantitative estimate of drug-likeness (QED) is 0.642. The Morgan fingerprint density at radius 2 is 1.82 bits per heavy atom. The minimum absolute atomic E-state index is 0.315. The van der Waals surface area contributed by atoms with Crippen LogP contribution in [0.4, 0.5) is 0 Å². The van der Waals surface area contributed by atoms with Gasteiger partial charge in [-0.15, -0.1) is 0 Å². The summed E-state index contributed by atoms with van der Waals surface area (Å²) in [6, 6.07) is 0. The minimum Gasteiger partial charge on any atom is -0.481 e. The summed E-state index contributed by atoms with van der Waals surface area (Å²) in [5.74, 6) is -2.51. The zero-order chi connectivity index (χ0) is 13.4. The molecule has 98 valence electrons. The van der Waals surface area contributed by atoms with Gasteiger partial charge in [-0.3, -0.25) is 9.59 Å². The second-order valence-corrected chi connectivity index (χ2v) is 4.62. The molecule has 0 heterocycles. The van der Waals surface area contributed by atoms with E-state index in [1.54, 1.807) is 0 Å². The summed E-state index contributed by atoms with van der Waals surface area (Å²) in [4.78, 5) is 21.4. The van der Waals surface area contributed by atoms with Crippen LogP contribution in [0.25, 0.3) is 0 Å². The normalized spacial score (nSPS) is 15.4. The molecular formula is C13H22O4. The number of hydrogen-bond acceptors (Lipinski definition) is 2. The van der Waals surface area contributed by atoms with Gasteiger partial charge < -0.3 is 10.2 Å². The predicted molar refractivity (Wildman–Crippen MR) is 65.8 cm³/mol. The zero-order valence-corrected chi connectivity index (χ0v) is 10.8. The fourth-order valence-corrected chi connectivity index (χ4v) is 1.94. The molecule has 0 spiro atoms. The Labute approximate surface area is 102 Å². The summed E-state index contributed by atoms with van der Waals surface area (Å²) < 4.78 is 0. The molecule has 0 aromatic rings. The summed E-state index contributed by atoms with van der Waals surface area (Å²) in [7, 11) is 0. The number of aliphatic carboxylic acids is 2. The van der Waals surface area contributed by atoms with Gasteiger partial charge >= 0.3 is 11.9 Å². The fourth-order valence-electron chi connectivity index (χ4n) is 1.94. The number of allylic oxidation sites excluding steroid dienone is 2. The molecule has 0 saturated carbocycles. The molecule has 0 aliphatic carbocycles. The van der Waals surface area contributed by atoms with Crippen molar-refractivity contribution >= 4 is 11.9 Å². The topological polar surface area (TPSA) is 74.6 Å². The Kier molecular flexibility index (Phi) is 7.26. The first-order valence-electron chi connectivity index (χ1n) is 5.98. The molecule has 0 rings (SSSR count). The third-order valence-electron chi connectivity index (χ3n) is 2.65. The van der Waals surface area contributed by atoms with E-state index >= 15 is 0 Å². The molecule has 2 N–H and O–H groups in total. The highest BCUT2D eigenvalue weighted by Gasteiger charge is 2.21. The van der Waals surface area contributed by atoms with Crippen LogP contribution in [0.1, 0.15) is 46.5 Å². The van der Waals surface area contributed by atoms with Gasteiger partial charge in [0.1, 0.15) is 0 Å². The molecule has 0 radical (unpaired) electrons. The van der Waals surface area contributed by atoms with Crippen molar-refractivity contribution in [3.8, 4) is 0 Å². The van der Waals surface area contributed by atoms with Crippen molar-refractivity contribution in [1.82, 2.24) is 0 Å². The molecule has 0 amide bonds. The molecule has 0 aromatic heterocycles. The van der Waals surface area contributed by atoms with Crippen LogP contribution >= 0.6 is 0 Å². The van der Waals surface area contributed by atoms with Crippen LogP contribution in [0.15, 0.2) is 11.6 Å². The van der Waals surface area contributed by atoms with Crippen molar-refractivity contribution in [2.75, 3.05) is 0 Å². The van der Waals surface area contributed by atoms with E-state index in [0.29, 0.717) is 12.3 Å². The maximum Gasteiger partial charge on any atom is 0.307 e. The van der Waals surface area contributed by atoms with Crippen molar-refractivity contribution in [2.24, 2.45) is 11.8 Å². The monoisotopic (exact) mass is 242 g/mol. The fraction of sp³-hybridized carbons (Fsp3) is 0.692. The Balaban J connectivity index is 4.43. The van der Waals surface area contributed by atoms with Crippen molar-refractivity contribution < 1.29 is 19.8 Å². The van der Waals surface area contributed by atoms with Crippen LogP contribution in [0.2, 0.25) is 0 Å². The molecule has 2 unspecified atom stereocenters. The highest BCUT2D eigenvalue weighted by molar-refractivity contribution is 5.77. The third kappa shape index (κ3) is 7.55. The number of hydrogen-bond donors (Lipinski definition) is 2. The average Bonchev–Trinajstić information content (AvgIpc) is 2.15. The van der Waals surface area contributed by atoms with E-state index in [2.05, 4.69) is 13.8 Å². The summed E-state index contributed by atoms with van der Waals surface area (Å²) in [6.07, 6.45) is 4.19. The molecule has 0 bridgehead atoms. The van der Waals surface area contributed by atoms with E-state index in [1.807, 2.05) is 13.0 Å². The number of carboxylic acid groups (broad SMARTS) is 2. The summed E-state index contributed by atoms with van der Waals surface area (Å²) in [5.41, 5.74) is 0.958. The molecular weight excluding hydrogens is 220 g/mol. The van der Waals surface area contributed by atoms with Gasteiger partial charge in [-0.2, -0.15) is 0 Å². The van der Waals surface area contributed by atoms with Gasteiger partial charge in [-0.05, 0) is 25.7 Å². The summed E-state index contributed by atoms with van der Waals surface area (Å²) in [6.45, 7) is 6.05. The van der Waals surface area contributed by atoms with Crippen LogP contribution < -0.4 is 0 Å². The van der Waals surface area contributed by atoms with Crippen LogP contribution in [-0.2, 0) is 9.59 Å². The number of carboxylic acids is 2. The zero-order valence-electron chi connectivity index (χ0n) is 10.8. The summed E-state index contributed by atoms with van der Waals surface area (Å²) in [5, 5.41) is 17.5. The van der Waals surface area contributed by atoms with Crippen LogP contribution in [0, 0.1) is 11.8 Å². The Morgan fingerprint density at radius 1 is 1.24 bits per heavy atom. The maximum atomic E-state index is 10.9. The average molecular weight is 242 g/mol. The van der Waals surface area contributed by atoms with Crippen molar-refractivity contribution in [2.45, 2.75) is 46.5 Å². The molecule has 0 aliphatic heterocycles. The smallest absolute Gasteiger partial charge is 0.307 e. The van der Waals surface area contributed by atoms with Gasteiger partial charge in [0, 0.05) is 0 Å². The molecule has 0 aromatic carbocycles. The van der Waals surface area contributed by atoms with E-state index in [1.165, 1.54) is 0 Å². The molecule has 17 heavy (non-hydrogen) atoms. The maximum absolute atomic E-state index is 10.9. The van der Waals surface area contributed by atoms with Crippen LogP contribution in [0.5, 0.6) is 0 Å². The van der Waals surface area contributed by atoms with E-state index in [0.717, 1.165) is 18.4 Å². The first-order chi connectivity index (χ1) is 7.86. The second-order valence-electron chi connectivity index (χ2n) is 4.62. The number of carbonyl (C=O) groups is 2. The summed E-state index contributed by atoms with van der Waals surface area (Å²) >= 11 is 0. The lowest BCUT2D eigenvalue weighted by Crippen LogP contribution is -2.18. The van der Waals surface area contributed by atoms with Gasteiger partial charge in [-0.1, -0.05) is 31.9 Å². The lowest BCUT2D eigenvalue weighted by molar-refractivity contribution is -0.148. The highest BCUT2D eigenvalue weighted by Crippen LogP contribution is 2.18. The predicted octanol–water partition coefficient (Wildman–Crippen LogP) is 2.93. The highest BCUT2D eigenvalue weighted by atomic mass is 16.4. The van der Waals surface area contributed by atoms with Gasteiger partial charge in [-0.25, -0.2) is 0 Å². The van der Waals surface area contributed by atoms with E-state index in [-0.39, 0.29) is 6.42 Å². The van der Waals surface area contributed by atoms with E-state index < -0.39 is 17.9 Å². The van der Waals surface area contributed by atoms with Gasteiger partial charge in [0.25, 0.3) is 0 Å². The molecule has 4 nitrogen and oxygen atoms in total. The van der Waals surface area contributed by atoms with Gasteiger partial charge in [0.2, 0.25) is 0 Å². The standard InChI is InChI=1S/C13H22O4/c1-4-5-9(2)6-10(3)7-11(13(16)17)8-12(14)15/h6,9,11H,4-5,7-8H2,1-3H3,(H,14,15)(H,16,17)/b10-6+. The third-order valence-corrected chi connectivity index (χ3v) is 2.65. The molecule has 2 atom stereocenters. The minimum atomic E-state index is -1.06. The Morgan fingerprint density at radius 3 is 2.24 bits per heavy atom. The molecule has 0 fully saturated rings. The molecule has 0 aliphatic rings. The van der Waals surface area contributed by atoms with E-state index in [9.17, 15) is 9.59 Å². The van der Waals surface area contributed by atoms with Crippen molar-refractivity contribution in [1.29, 1.82) is 0 Å². The molecule has 0 saturated heterocycles. The van der Waals surface area contributed by atoms with E-state index in [4.69, 9.17) is 10.2 Å². The first kappa shape index (κ1) is 15.7. The lowest BCUT2D eigenvalue weighted by atomic mass is 9.94. The van der Waals surface area contributed by atoms with Crippen molar-refractivity contribution in [3.63, 3.8) is 0 Å².